The highest BCUT2D eigenvalue weighted by molar-refractivity contribution is 5.67. The van der Waals surface area contributed by atoms with E-state index in [0.717, 1.165) is 17.7 Å². The second-order valence-electron chi connectivity index (χ2n) is 7.84. The number of hydrogen-bond acceptors (Lipinski definition) is 6. The summed E-state index contributed by atoms with van der Waals surface area (Å²) in [5, 5.41) is 17.1. The number of amides is 1. The average molecular weight is 463 g/mol. The molecule has 7 nitrogen and oxygen atoms in total. The van der Waals surface area contributed by atoms with Gasteiger partial charge < -0.3 is 19.7 Å². The molecule has 2 N–H and O–H groups in total. The van der Waals surface area contributed by atoms with Crippen molar-refractivity contribution in [1.82, 2.24) is 15.5 Å². The molecule has 2 atom stereocenters. The molecule has 1 unspecified atom stereocenters. The topological polar surface area (TPSA) is 97.5 Å². The van der Waals surface area contributed by atoms with Gasteiger partial charge in [0.05, 0.1) is 18.0 Å². The zero-order chi connectivity index (χ0) is 24.0. The second kappa shape index (κ2) is 10.5. The van der Waals surface area contributed by atoms with Gasteiger partial charge in [-0.05, 0) is 23.1 Å². The Labute approximate surface area is 188 Å². The Balaban J connectivity index is 1.64. The lowest BCUT2D eigenvalue weighted by Gasteiger charge is -2.25. The van der Waals surface area contributed by atoms with Gasteiger partial charge in [0, 0.05) is 0 Å². The molecule has 0 radical (unpaired) electrons. The molecular weight excluding hydrogens is 439 g/mol. The van der Waals surface area contributed by atoms with E-state index in [-0.39, 0.29) is 30.7 Å². The van der Waals surface area contributed by atoms with Crippen molar-refractivity contribution in [1.29, 1.82) is 0 Å². The predicted octanol–water partition coefficient (Wildman–Crippen LogP) is 4.66. The summed E-state index contributed by atoms with van der Waals surface area (Å²) in [4.78, 5) is 16.3. The lowest BCUT2D eigenvalue weighted by molar-refractivity contribution is -0.137. The number of nitrogens with zero attached hydrogens (tertiary/aromatic N) is 2. The zero-order valence-corrected chi connectivity index (χ0v) is 18.0. The molecule has 0 aliphatic rings. The normalized spacial score (nSPS) is 13.5. The van der Waals surface area contributed by atoms with E-state index in [1.165, 1.54) is 12.1 Å². The van der Waals surface area contributed by atoms with Crippen molar-refractivity contribution in [3.05, 3.63) is 83.0 Å². The molecule has 33 heavy (non-hydrogen) atoms. The highest BCUT2D eigenvalue weighted by atomic mass is 19.4. The number of halogens is 3. The second-order valence-corrected chi connectivity index (χ2v) is 7.84. The van der Waals surface area contributed by atoms with Gasteiger partial charge in [-0.2, -0.15) is 18.2 Å². The standard InChI is InChI=1S/C23H24F3N3O4/c1-14(2)19(28-22(31)32-13-15-7-4-3-5-8-15)20(30)21-27-18(33-29-21)12-16-9-6-10-17(11-16)23(24,25)26/h3-11,14,19-20,30H,12-13H2,1-2H3,(H,28,31)/t19-,20?/m0/s1. The van der Waals surface area contributed by atoms with Crippen LogP contribution in [0.5, 0.6) is 0 Å². The molecule has 0 saturated carbocycles. The van der Waals surface area contributed by atoms with Gasteiger partial charge in [0.2, 0.25) is 11.7 Å². The molecule has 0 bridgehead atoms. The fourth-order valence-corrected chi connectivity index (χ4v) is 3.16. The molecule has 1 aromatic heterocycles. The predicted molar refractivity (Wildman–Crippen MR) is 112 cm³/mol. The number of carbonyl (C=O) groups is 1. The van der Waals surface area contributed by atoms with Gasteiger partial charge in [-0.15, -0.1) is 0 Å². The molecule has 2 aromatic carbocycles. The Morgan fingerprint density at radius 3 is 2.48 bits per heavy atom. The molecule has 3 rings (SSSR count). The summed E-state index contributed by atoms with van der Waals surface area (Å²) in [6.45, 7) is 3.64. The van der Waals surface area contributed by atoms with Crippen LogP contribution in [0.4, 0.5) is 18.0 Å². The number of aliphatic hydroxyl groups is 1. The maximum atomic E-state index is 12.9. The van der Waals surface area contributed by atoms with Crippen LogP contribution < -0.4 is 5.32 Å². The lowest BCUT2D eigenvalue weighted by Crippen LogP contribution is -2.43. The molecule has 10 heteroatoms. The minimum absolute atomic E-state index is 0.0392. The molecule has 0 fully saturated rings. The van der Waals surface area contributed by atoms with Gasteiger partial charge in [-0.25, -0.2) is 4.79 Å². The summed E-state index contributed by atoms with van der Waals surface area (Å²) in [7, 11) is 0. The van der Waals surface area contributed by atoms with Crippen molar-refractivity contribution in [2.24, 2.45) is 5.92 Å². The summed E-state index contributed by atoms with van der Waals surface area (Å²) in [6.07, 6.45) is -6.53. The first-order chi connectivity index (χ1) is 15.6. The van der Waals surface area contributed by atoms with Crippen LogP contribution in [0.15, 0.2) is 59.1 Å². The monoisotopic (exact) mass is 463 g/mol. The number of ether oxygens (including phenoxy) is 1. The number of benzene rings is 2. The summed E-state index contributed by atoms with van der Waals surface area (Å²) >= 11 is 0. The van der Waals surface area contributed by atoms with Gasteiger partial charge in [-0.1, -0.05) is 67.5 Å². The Morgan fingerprint density at radius 2 is 1.82 bits per heavy atom. The van der Waals surface area contributed by atoms with E-state index < -0.39 is 30.0 Å². The van der Waals surface area contributed by atoms with Crippen LogP contribution >= 0.6 is 0 Å². The van der Waals surface area contributed by atoms with Crippen molar-refractivity contribution in [2.75, 3.05) is 0 Å². The highest BCUT2D eigenvalue weighted by Crippen LogP contribution is 2.30. The highest BCUT2D eigenvalue weighted by Gasteiger charge is 2.31. The van der Waals surface area contributed by atoms with E-state index in [2.05, 4.69) is 15.5 Å². The van der Waals surface area contributed by atoms with Crippen LogP contribution in [0.2, 0.25) is 0 Å². The molecule has 0 aliphatic carbocycles. The van der Waals surface area contributed by atoms with Gasteiger partial charge in [0.1, 0.15) is 12.7 Å². The summed E-state index contributed by atoms with van der Waals surface area (Å²) in [6, 6.07) is 13.1. The quantitative estimate of drug-likeness (QED) is 0.504. The Hall–Kier alpha value is -3.40. The SMILES string of the molecule is CC(C)[C@H](NC(=O)OCc1ccccc1)C(O)c1noc(Cc2cccc(C(F)(F)F)c2)n1. The number of carbonyl (C=O) groups excluding carboxylic acids is 1. The van der Waals surface area contributed by atoms with E-state index in [4.69, 9.17) is 9.26 Å². The first-order valence-electron chi connectivity index (χ1n) is 10.3. The van der Waals surface area contributed by atoms with Crippen molar-refractivity contribution < 1.29 is 32.3 Å². The number of alkyl carbamates (subject to hydrolysis) is 1. The van der Waals surface area contributed by atoms with Crippen molar-refractivity contribution in [2.45, 2.75) is 45.2 Å². The molecule has 0 spiro atoms. The number of alkyl halides is 3. The van der Waals surface area contributed by atoms with E-state index in [9.17, 15) is 23.1 Å². The van der Waals surface area contributed by atoms with Crippen LogP contribution in [0.3, 0.4) is 0 Å². The number of rotatable bonds is 8. The molecule has 1 amide bonds. The Morgan fingerprint density at radius 1 is 1.12 bits per heavy atom. The van der Waals surface area contributed by atoms with Crippen molar-refractivity contribution in [3.8, 4) is 0 Å². The summed E-state index contributed by atoms with van der Waals surface area (Å²) in [5.74, 6) is -0.258. The third-order valence-corrected chi connectivity index (χ3v) is 4.91. The van der Waals surface area contributed by atoms with Crippen LogP contribution in [0.25, 0.3) is 0 Å². The minimum atomic E-state index is -4.46. The number of aromatic nitrogens is 2. The number of aliphatic hydroxyl groups excluding tert-OH is 1. The molecular formula is C23H24F3N3O4. The molecule has 176 valence electrons. The van der Waals surface area contributed by atoms with Gasteiger partial charge in [0.15, 0.2) is 0 Å². The van der Waals surface area contributed by atoms with Gasteiger partial charge in [0.25, 0.3) is 0 Å². The van der Waals surface area contributed by atoms with E-state index in [1.807, 2.05) is 30.3 Å². The van der Waals surface area contributed by atoms with Crippen molar-refractivity contribution in [3.63, 3.8) is 0 Å². The fraction of sp³-hybridized carbons (Fsp3) is 0.348. The summed E-state index contributed by atoms with van der Waals surface area (Å²) in [5.41, 5.74) is 0.363. The maximum absolute atomic E-state index is 12.9. The largest absolute Gasteiger partial charge is 0.445 e. The smallest absolute Gasteiger partial charge is 0.416 e. The third-order valence-electron chi connectivity index (χ3n) is 4.91. The number of hydrogen-bond donors (Lipinski definition) is 2. The van der Waals surface area contributed by atoms with Gasteiger partial charge in [-0.3, -0.25) is 0 Å². The average Bonchev–Trinajstić information content (AvgIpc) is 3.24. The lowest BCUT2D eigenvalue weighted by atomic mass is 9.98. The van der Waals surface area contributed by atoms with Gasteiger partial charge >= 0.3 is 12.3 Å². The molecule has 0 aliphatic heterocycles. The van der Waals surface area contributed by atoms with E-state index >= 15 is 0 Å². The third kappa shape index (κ3) is 6.79. The molecule has 1 heterocycles. The van der Waals surface area contributed by atoms with Crippen LogP contribution in [0, 0.1) is 5.92 Å². The molecule has 0 saturated heterocycles. The van der Waals surface area contributed by atoms with E-state index in [0.29, 0.717) is 5.56 Å². The number of nitrogens with one attached hydrogen (secondary N) is 1. The van der Waals surface area contributed by atoms with Crippen LogP contribution in [-0.4, -0.2) is 27.4 Å². The minimum Gasteiger partial charge on any atom is -0.445 e. The first-order valence-corrected chi connectivity index (χ1v) is 10.3. The summed E-state index contributed by atoms with van der Waals surface area (Å²) < 4.78 is 49.0. The first kappa shape index (κ1) is 24.2. The van der Waals surface area contributed by atoms with Crippen LogP contribution in [0.1, 0.15) is 48.4 Å². The molecule has 3 aromatic rings. The van der Waals surface area contributed by atoms with Crippen LogP contribution in [-0.2, 0) is 23.9 Å². The zero-order valence-electron chi connectivity index (χ0n) is 18.0. The Bertz CT molecular complexity index is 1050. The van der Waals surface area contributed by atoms with E-state index in [1.54, 1.807) is 13.8 Å². The maximum Gasteiger partial charge on any atom is 0.416 e. The fourth-order valence-electron chi connectivity index (χ4n) is 3.16. The van der Waals surface area contributed by atoms with Crippen molar-refractivity contribution >= 4 is 6.09 Å². The Kier molecular flexibility index (Phi) is 7.70.